The molecule has 0 saturated carbocycles. The molecule has 0 aromatic carbocycles. The molecule has 0 bridgehead atoms. The molecular weight excluding hydrogens is 269 g/mol. The summed E-state index contributed by atoms with van der Waals surface area (Å²) >= 11 is 2.12. The highest BCUT2D eigenvalue weighted by atomic mass is 127. The molecule has 5 heteroatoms. The van der Waals surface area contributed by atoms with Crippen LogP contribution in [0.3, 0.4) is 0 Å². The molecule has 0 spiro atoms. The van der Waals surface area contributed by atoms with Crippen LogP contribution in [0.4, 0.5) is 0 Å². The van der Waals surface area contributed by atoms with Crippen molar-refractivity contribution in [2.24, 2.45) is 0 Å². The highest BCUT2D eigenvalue weighted by Crippen LogP contribution is 2.17. The number of rotatable bonds is 0. The van der Waals surface area contributed by atoms with Gasteiger partial charge in [-0.1, -0.05) is 0 Å². The van der Waals surface area contributed by atoms with Crippen molar-refractivity contribution in [1.29, 1.82) is 0 Å². The van der Waals surface area contributed by atoms with E-state index < -0.39 is 0 Å². The molecule has 2 rings (SSSR count). The first-order valence-corrected chi connectivity index (χ1v) is 4.52. The van der Waals surface area contributed by atoms with E-state index in [-0.39, 0.29) is 0 Å². The first-order chi connectivity index (χ1) is 5.66. The van der Waals surface area contributed by atoms with Crippen LogP contribution in [-0.2, 0) is 0 Å². The van der Waals surface area contributed by atoms with Gasteiger partial charge in [0.2, 0.25) is 0 Å². The standard InChI is InChI=1S/C7H6IN3O/c1-3-9-6(8)5-7(10-3)12-4(2)11-5/h1-2H3. The van der Waals surface area contributed by atoms with Gasteiger partial charge in [0.15, 0.2) is 11.4 Å². The fourth-order valence-corrected chi connectivity index (χ4v) is 1.69. The van der Waals surface area contributed by atoms with Gasteiger partial charge in [0.1, 0.15) is 9.53 Å². The average molecular weight is 275 g/mol. The Morgan fingerprint density at radius 3 is 2.67 bits per heavy atom. The van der Waals surface area contributed by atoms with Crippen LogP contribution in [0.1, 0.15) is 11.7 Å². The number of hydrogen-bond acceptors (Lipinski definition) is 4. The molecule has 2 aromatic rings. The maximum atomic E-state index is 5.26. The molecule has 0 aliphatic heterocycles. The van der Waals surface area contributed by atoms with E-state index in [2.05, 4.69) is 37.5 Å². The van der Waals surface area contributed by atoms with Crippen LogP contribution in [0.5, 0.6) is 0 Å². The molecule has 0 atom stereocenters. The zero-order chi connectivity index (χ0) is 8.72. The van der Waals surface area contributed by atoms with Crippen molar-refractivity contribution in [3.8, 4) is 0 Å². The minimum atomic E-state index is 0.574. The van der Waals surface area contributed by atoms with Crippen LogP contribution < -0.4 is 0 Å². The zero-order valence-electron chi connectivity index (χ0n) is 6.63. The summed E-state index contributed by atoms with van der Waals surface area (Å²) in [5, 5.41) is 0. The Balaban J connectivity index is 2.88. The van der Waals surface area contributed by atoms with Crippen molar-refractivity contribution in [2.75, 3.05) is 0 Å². The van der Waals surface area contributed by atoms with Gasteiger partial charge in [-0.2, -0.15) is 4.98 Å². The number of aromatic nitrogens is 3. The third-order valence-electron chi connectivity index (χ3n) is 1.43. The van der Waals surface area contributed by atoms with E-state index in [0.717, 1.165) is 9.22 Å². The second-order valence-electron chi connectivity index (χ2n) is 2.45. The molecular formula is C7H6IN3O. The lowest BCUT2D eigenvalue weighted by atomic mass is 10.5. The van der Waals surface area contributed by atoms with E-state index in [1.54, 1.807) is 6.92 Å². The number of halogens is 1. The van der Waals surface area contributed by atoms with Crippen molar-refractivity contribution in [3.63, 3.8) is 0 Å². The summed E-state index contributed by atoms with van der Waals surface area (Å²) in [7, 11) is 0. The minimum absolute atomic E-state index is 0.574. The van der Waals surface area contributed by atoms with Crippen LogP contribution in [0.25, 0.3) is 11.2 Å². The molecule has 0 aliphatic carbocycles. The largest absolute Gasteiger partial charge is 0.422 e. The summed E-state index contributed by atoms with van der Waals surface area (Å²) in [5.74, 6) is 1.34. The van der Waals surface area contributed by atoms with Crippen LogP contribution in [0, 0.1) is 17.5 Å². The number of oxazole rings is 1. The molecule has 0 saturated heterocycles. The summed E-state index contributed by atoms with van der Waals surface area (Å²) in [6.07, 6.45) is 0. The number of hydrogen-bond donors (Lipinski definition) is 0. The Morgan fingerprint density at radius 2 is 1.92 bits per heavy atom. The SMILES string of the molecule is Cc1nc(I)c2nc(C)oc2n1. The van der Waals surface area contributed by atoms with Gasteiger partial charge in [-0.15, -0.1) is 0 Å². The molecule has 0 radical (unpaired) electrons. The molecule has 2 aromatic heterocycles. The van der Waals surface area contributed by atoms with Gasteiger partial charge in [-0.25, -0.2) is 9.97 Å². The predicted octanol–water partition coefficient (Wildman–Crippen LogP) is 1.84. The highest BCUT2D eigenvalue weighted by molar-refractivity contribution is 14.1. The Kier molecular flexibility index (Phi) is 1.75. The average Bonchev–Trinajstić information content (AvgIpc) is 2.29. The fourth-order valence-electron chi connectivity index (χ4n) is 0.993. The molecule has 62 valence electrons. The van der Waals surface area contributed by atoms with Crippen LogP contribution in [-0.4, -0.2) is 15.0 Å². The van der Waals surface area contributed by atoms with Crippen molar-refractivity contribution >= 4 is 33.8 Å². The Morgan fingerprint density at radius 1 is 1.17 bits per heavy atom. The van der Waals surface area contributed by atoms with Crippen LogP contribution >= 0.6 is 22.6 Å². The molecule has 0 aliphatic rings. The Hall–Kier alpha value is -0.720. The second-order valence-corrected chi connectivity index (χ2v) is 3.47. The van der Waals surface area contributed by atoms with Crippen molar-refractivity contribution in [3.05, 3.63) is 15.4 Å². The fraction of sp³-hybridized carbons (Fsp3) is 0.286. The van der Waals surface area contributed by atoms with E-state index in [9.17, 15) is 0 Å². The van der Waals surface area contributed by atoms with Crippen LogP contribution in [0.15, 0.2) is 4.42 Å². The Labute approximate surface area is 82.6 Å². The summed E-state index contributed by atoms with van der Waals surface area (Å²) in [6.45, 7) is 3.63. The third-order valence-corrected chi connectivity index (χ3v) is 2.19. The lowest BCUT2D eigenvalue weighted by Gasteiger charge is -1.91. The second kappa shape index (κ2) is 2.65. The van der Waals surface area contributed by atoms with E-state index >= 15 is 0 Å². The topological polar surface area (TPSA) is 51.8 Å². The number of fused-ring (bicyclic) bond motifs is 1. The van der Waals surface area contributed by atoms with Crippen molar-refractivity contribution < 1.29 is 4.42 Å². The lowest BCUT2D eigenvalue weighted by Crippen LogP contribution is -1.90. The zero-order valence-corrected chi connectivity index (χ0v) is 8.79. The Bertz CT molecular complexity index is 437. The van der Waals surface area contributed by atoms with E-state index in [1.807, 2.05) is 6.92 Å². The summed E-state index contributed by atoms with van der Waals surface area (Å²) in [4.78, 5) is 12.4. The third kappa shape index (κ3) is 1.17. The van der Waals surface area contributed by atoms with E-state index in [4.69, 9.17) is 4.42 Å². The maximum Gasteiger partial charge on any atom is 0.251 e. The van der Waals surface area contributed by atoms with Gasteiger partial charge in [-0.05, 0) is 29.5 Å². The van der Waals surface area contributed by atoms with Gasteiger partial charge in [0.05, 0.1) is 0 Å². The normalized spacial score (nSPS) is 10.9. The van der Waals surface area contributed by atoms with Gasteiger partial charge in [0.25, 0.3) is 5.71 Å². The predicted molar refractivity (Wildman–Crippen MR) is 51.8 cm³/mol. The summed E-state index contributed by atoms with van der Waals surface area (Å²) < 4.78 is 6.10. The monoisotopic (exact) mass is 275 g/mol. The summed E-state index contributed by atoms with van der Waals surface area (Å²) in [5.41, 5.74) is 1.32. The maximum absolute atomic E-state index is 5.26. The van der Waals surface area contributed by atoms with Gasteiger partial charge >= 0.3 is 0 Å². The van der Waals surface area contributed by atoms with Gasteiger partial charge in [-0.3, -0.25) is 0 Å². The molecule has 0 amide bonds. The quantitative estimate of drug-likeness (QED) is 0.543. The molecule has 12 heavy (non-hydrogen) atoms. The van der Waals surface area contributed by atoms with Crippen molar-refractivity contribution in [2.45, 2.75) is 13.8 Å². The minimum Gasteiger partial charge on any atom is -0.422 e. The molecule has 0 fully saturated rings. The molecule has 0 unspecified atom stereocenters. The lowest BCUT2D eigenvalue weighted by molar-refractivity contribution is 0.550. The number of nitrogens with zero attached hydrogens (tertiary/aromatic N) is 3. The van der Waals surface area contributed by atoms with Gasteiger partial charge in [0, 0.05) is 6.92 Å². The van der Waals surface area contributed by atoms with E-state index in [1.165, 1.54) is 0 Å². The molecule has 2 heterocycles. The van der Waals surface area contributed by atoms with Crippen LogP contribution in [0.2, 0.25) is 0 Å². The molecule has 0 N–H and O–H groups in total. The first kappa shape index (κ1) is 7.90. The summed E-state index contributed by atoms with van der Waals surface area (Å²) in [6, 6.07) is 0. The number of aryl methyl sites for hydroxylation is 2. The van der Waals surface area contributed by atoms with Gasteiger partial charge < -0.3 is 4.42 Å². The smallest absolute Gasteiger partial charge is 0.251 e. The van der Waals surface area contributed by atoms with Crippen molar-refractivity contribution in [1.82, 2.24) is 15.0 Å². The van der Waals surface area contributed by atoms with E-state index in [0.29, 0.717) is 17.4 Å². The first-order valence-electron chi connectivity index (χ1n) is 3.44. The molecule has 4 nitrogen and oxygen atoms in total. The highest BCUT2D eigenvalue weighted by Gasteiger charge is 2.08.